The van der Waals surface area contributed by atoms with Crippen molar-refractivity contribution in [2.45, 2.75) is 44.8 Å². The third kappa shape index (κ3) is 4.07. The Morgan fingerprint density at radius 2 is 2.43 bits per heavy atom. The van der Waals surface area contributed by atoms with Gasteiger partial charge in [0, 0.05) is 12.6 Å². The number of rotatable bonds is 4. The second kappa shape index (κ2) is 5.98. The summed E-state index contributed by atoms with van der Waals surface area (Å²) in [5, 5.41) is 11.5. The van der Waals surface area contributed by atoms with Crippen LogP contribution in [0.1, 0.15) is 32.6 Å². The molecule has 1 amide bonds. The minimum Gasteiger partial charge on any atom is -0.394 e. The highest BCUT2D eigenvalue weighted by atomic mass is 16.5. The molecule has 0 spiro atoms. The molecule has 0 aromatic rings. The van der Waals surface area contributed by atoms with Crippen LogP contribution in [0.5, 0.6) is 0 Å². The molecule has 1 aliphatic heterocycles. The number of carbonyl (C=O) groups excluding carboxylic acids is 1. The van der Waals surface area contributed by atoms with Gasteiger partial charge in [-0.25, -0.2) is 0 Å². The van der Waals surface area contributed by atoms with Gasteiger partial charge in [0.05, 0.1) is 19.1 Å². The zero-order valence-electron chi connectivity index (χ0n) is 8.66. The summed E-state index contributed by atoms with van der Waals surface area (Å²) in [7, 11) is 0. The number of amides is 1. The normalized spacial score (nSPS) is 24.3. The average molecular weight is 201 g/mol. The quantitative estimate of drug-likeness (QED) is 0.694. The fraction of sp³-hybridized carbons (Fsp3) is 0.900. The molecule has 0 saturated carbocycles. The molecule has 0 aromatic heterocycles. The number of hydrogen-bond acceptors (Lipinski definition) is 3. The molecule has 2 N–H and O–H groups in total. The van der Waals surface area contributed by atoms with Gasteiger partial charge in [-0.3, -0.25) is 4.79 Å². The first kappa shape index (κ1) is 11.5. The molecule has 82 valence electrons. The SMILES string of the molecule is CC(CO)NC(=O)CC1CCCCO1. The molecule has 1 heterocycles. The maximum atomic E-state index is 11.4. The van der Waals surface area contributed by atoms with Crippen molar-refractivity contribution >= 4 is 5.91 Å². The van der Waals surface area contributed by atoms with E-state index in [1.807, 2.05) is 0 Å². The van der Waals surface area contributed by atoms with E-state index >= 15 is 0 Å². The van der Waals surface area contributed by atoms with Crippen LogP contribution in [0.25, 0.3) is 0 Å². The van der Waals surface area contributed by atoms with Gasteiger partial charge in [-0.1, -0.05) is 0 Å². The lowest BCUT2D eigenvalue weighted by molar-refractivity contribution is -0.125. The number of aliphatic hydroxyl groups excluding tert-OH is 1. The summed E-state index contributed by atoms with van der Waals surface area (Å²) in [6.45, 7) is 2.53. The van der Waals surface area contributed by atoms with E-state index in [0.29, 0.717) is 6.42 Å². The fourth-order valence-electron chi connectivity index (χ4n) is 1.55. The lowest BCUT2D eigenvalue weighted by Gasteiger charge is -2.22. The van der Waals surface area contributed by atoms with Crippen LogP contribution in [0.15, 0.2) is 0 Å². The Morgan fingerprint density at radius 1 is 1.64 bits per heavy atom. The van der Waals surface area contributed by atoms with Crippen molar-refractivity contribution in [3.05, 3.63) is 0 Å². The van der Waals surface area contributed by atoms with Crippen LogP contribution in [0.2, 0.25) is 0 Å². The predicted octanol–water partition coefficient (Wildman–Crippen LogP) is 0.443. The van der Waals surface area contributed by atoms with Crippen LogP contribution in [0.4, 0.5) is 0 Å². The van der Waals surface area contributed by atoms with Crippen molar-refractivity contribution in [1.82, 2.24) is 5.32 Å². The van der Waals surface area contributed by atoms with Crippen molar-refractivity contribution in [3.8, 4) is 0 Å². The molecule has 0 radical (unpaired) electrons. The minimum atomic E-state index is -0.161. The molecule has 0 bridgehead atoms. The molecule has 2 atom stereocenters. The van der Waals surface area contributed by atoms with E-state index < -0.39 is 0 Å². The summed E-state index contributed by atoms with van der Waals surface area (Å²) < 4.78 is 5.44. The fourth-order valence-corrected chi connectivity index (χ4v) is 1.55. The molecule has 1 aliphatic rings. The van der Waals surface area contributed by atoms with Gasteiger partial charge in [0.1, 0.15) is 0 Å². The molecule has 4 nitrogen and oxygen atoms in total. The largest absolute Gasteiger partial charge is 0.394 e. The molecule has 1 fully saturated rings. The lowest BCUT2D eigenvalue weighted by atomic mass is 10.1. The highest BCUT2D eigenvalue weighted by Crippen LogP contribution is 2.15. The zero-order valence-corrected chi connectivity index (χ0v) is 8.66. The van der Waals surface area contributed by atoms with Gasteiger partial charge in [0.2, 0.25) is 5.91 Å². The van der Waals surface area contributed by atoms with E-state index in [1.165, 1.54) is 0 Å². The van der Waals surface area contributed by atoms with Gasteiger partial charge in [0.15, 0.2) is 0 Å². The molecule has 1 saturated heterocycles. The second-order valence-electron chi connectivity index (χ2n) is 3.84. The van der Waals surface area contributed by atoms with Crippen molar-refractivity contribution in [2.75, 3.05) is 13.2 Å². The van der Waals surface area contributed by atoms with Crippen molar-refractivity contribution in [2.24, 2.45) is 0 Å². The zero-order chi connectivity index (χ0) is 10.4. The maximum absolute atomic E-state index is 11.4. The van der Waals surface area contributed by atoms with E-state index in [2.05, 4.69) is 5.32 Å². The van der Waals surface area contributed by atoms with Gasteiger partial charge in [-0.2, -0.15) is 0 Å². The summed E-state index contributed by atoms with van der Waals surface area (Å²) >= 11 is 0. The number of hydrogen-bond donors (Lipinski definition) is 2. The highest BCUT2D eigenvalue weighted by molar-refractivity contribution is 5.76. The van der Waals surface area contributed by atoms with Gasteiger partial charge < -0.3 is 15.2 Å². The summed E-state index contributed by atoms with van der Waals surface area (Å²) in [5.41, 5.74) is 0. The van der Waals surface area contributed by atoms with Crippen molar-refractivity contribution in [1.29, 1.82) is 0 Å². The Bertz CT molecular complexity index is 178. The monoisotopic (exact) mass is 201 g/mol. The first-order valence-electron chi connectivity index (χ1n) is 5.24. The smallest absolute Gasteiger partial charge is 0.222 e. The van der Waals surface area contributed by atoms with E-state index in [4.69, 9.17) is 9.84 Å². The Labute approximate surface area is 84.6 Å². The van der Waals surface area contributed by atoms with Gasteiger partial charge in [-0.05, 0) is 26.2 Å². The second-order valence-corrected chi connectivity index (χ2v) is 3.84. The number of nitrogens with one attached hydrogen (secondary N) is 1. The third-order valence-electron chi connectivity index (χ3n) is 2.37. The summed E-state index contributed by atoms with van der Waals surface area (Å²) in [5.74, 6) is -0.0292. The lowest BCUT2D eigenvalue weighted by Crippen LogP contribution is -2.37. The molecule has 14 heavy (non-hydrogen) atoms. The van der Waals surface area contributed by atoms with Crippen LogP contribution in [0, 0.1) is 0 Å². The van der Waals surface area contributed by atoms with Gasteiger partial charge in [0.25, 0.3) is 0 Å². The maximum Gasteiger partial charge on any atom is 0.222 e. The molecule has 0 aliphatic carbocycles. The van der Waals surface area contributed by atoms with E-state index in [1.54, 1.807) is 6.92 Å². The van der Waals surface area contributed by atoms with E-state index in [-0.39, 0.29) is 24.7 Å². The topological polar surface area (TPSA) is 58.6 Å². The van der Waals surface area contributed by atoms with Crippen LogP contribution in [-0.2, 0) is 9.53 Å². The summed E-state index contributed by atoms with van der Waals surface area (Å²) in [4.78, 5) is 11.4. The first-order valence-corrected chi connectivity index (χ1v) is 5.24. The van der Waals surface area contributed by atoms with E-state index in [0.717, 1.165) is 25.9 Å². The number of carbonyl (C=O) groups is 1. The first-order chi connectivity index (χ1) is 6.72. The van der Waals surface area contributed by atoms with Crippen LogP contribution in [-0.4, -0.2) is 36.4 Å². The molecular formula is C10H19NO3. The van der Waals surface area contributed by atoms with Crippen LogP contribution >= 0.6 is 0 Å². The minimum absolute atomic E-state index is 0.0166. The van der Waals surface area contributed by atoms with Crippen molar-refractivity contribution < 1.29 is 14.6 Å². The molecular weight excluding hydrogens is 182 g/mol. The number of aliphatic hydroxyl groups is 1. The Hall–Kier alpha value is -0.610. The summed E-state index contributed by atoms with van der Waals surface area (Å²) in [6, 6.07) is -0.161. The summed E-state index contributed by atoms with van der Waals surface area (Å²) in [6.07, 6.45) is 3.72. The molecule has 1 rings (SSSR count). The number of ether oxygens (including phenoxy) is 1. The standard InChI is InChI=1S/C10H19NO3/c1-8(7-12)11-10(13)6-9-4-2-3-5-14-9/h8-9,12H,2-7H2,1H3,(H,11,13). The Morgan fingerprint density at radius 3 is 3.00 bits per heavy atom. The van der Waals surface area contributed by atoms with Crippen LogP contribution in [0.3, 0.4) is 0 Å². The average Bonchev–Trinajstić information content (AvgIpc) is 2.19. The molecule has 4 heteroatoms. The molecule has 2 unspecified atom stereocenters. The highest BCUT2D eigenvalue weighted by Gasteiger charge is 2.18. The van der Waals surface area contributed by atoms with Gasteiger partial charge >= 0.3 is 0 Å². The predicted molar refractivity (Wildman–Crippen MR) is 52.9 cm³/mol. The Kier molecular flexibility index (Phi) is 4.90. The van der Waals surface area contributed by atoms with E-state index in [9.17, 15) is 4.79 Å². The van der Waals surface area contributed by atoms with Gasteiger partial charge in [-0.15, -0.1) is 0 Å². The van der Waals surface area contributed by atoms with Crippen molar-refractivity contribution in [3.63, 3.8) is 0 Å². The van der Waals surface area contributed by atoms with Crippen LogP contribution < -0.4 is 5.32 Å². The third-order valence-corrected chi connectivity index (χ3v) is 2.37. The molecule has 0 aromatic carbocycles. The Balaban J connectivity index is 2.18.